The van der Waals surface area contributed by atoms with Crippen LogP contribution in [0, 0.1) is 20.8 Å². The Morgan fingerprint density at radius 3 is 2.17 bits per heavy atom. The molecule has 0 spiro atoms. The number of rotatable bonds is 3. The molecule has 0 aliphatic rings. The third-order valence-electron chi connectivity index (χ3n) is 3.01. The number of aryl methyl sites for hydroxylation is 3. The van der Waals surface area contributed by atoms with Crippen LogP contribution in [0.15, 0.2) is 24.3 Å². The molecule has 0 aliphatic carbocycles. The maximum atomic E-state index is 4.33. The first-order chi connectivity index (χ1) is 8.61. The van der Waals surface area contributed by atoms with Crippen LogP contribution in [0.25, 0.3) is 11.3 Å². The molecular weight excluding hydrogens is 222 g/mol. The Balaban J connectivity index is 2.42. The maximum Gasteiger partial charge on any atom is 0.0935 e. The lowest BCUT2D eigenvalue weighted by Gasteiger charge is -2.10. The second kappa shape index (κ2) is 5.27. The highest BCUT2D eigenvalue weighted by atomic mass is 15.1. The highest BCUT2D eigenvalue weighted by Gasteiger charge is 2.08. The van der Waals surface area contributed by atoms with E-state index in [9.17, 15) is 0 Å². The Kier molecular flexibility index (Phi) is 3.72. The lowest BCUT2D eigenvalue weighted by atomic mass is 9.97. The summed E-state index contributed by atoms with van der Waals surface area (Å²) < 4.78 is 0. The van der Waals surface area contributed by atoms with E-state index in [2.05, 4.69) is 48.4 Å². The standard InChI is InChI=1S/C15H19N3/c1-10-7-11(2)15(12(3)8-10)14-6-5-13(9-16-4)17-18-14/h5-8,16H,9H2,1-4H3. The fraction of sp³-hybridized carbons (Fsp3) is 0.333. The third-order valence-corrected chi connectivity index (χ3v) is 3.01. The van der Waals surface area contributed by atoms with E-state index in [1.807, 2.05) is 19.2 Å². The Morgan fingerprint density at radius 2 is 1.67 bits per heavy atom. The van der Waals surface area contributed by atoms with Gasteiger partial charge >= 0.3 is 0 Å². The van der Waals surface area contributed by atoms with Crippen molar-refractivity contribution >= 4 is 0 Å². The Morgan fingerprint density at radius 1 is 1.00 bits per heavy atom. The Labute approximate surface area is 108 Å². The van der Waals surface area contributed by atoms with Crippen LogP contribution in [-0.4, -0.2) is 17.2 Å². The van der Waals surface area contributed by atoms with E-state index in [4.69, 9.17) is 0 Å². The van der Waals surface area contributed by atoms with E-state index in [0.717, 1.165) is 17.9 Å². The first-order valence-electron chi connectivity index (χ1n) is 6.17. The van der Waals surface area contributed by atoms with Gasteiger partial charge in [-0.05, 0) is 51.1 Å². The van der Waals surface area contributed by atoms with Gasteiger partial charge in [0.05, 0.1) is 11.4 Å². The van der Waals surface area contributed by atoms with E-state index in [0.29, 0.717) is 0 Å². The van der Waals surface area contributed by atoms with Crippen LogP contribution in [0.2, 0.25) is 0 Å². The summed E-state index contributed by atoms with van der Waals surface area (Å²) in [6.45, 7) is 7.11. The highest BCUT2D eigenvalue weighted by Crippen LogP contribution is 2.26. The highest BCUT2D eigenvalue weighted by molar-refractivity contribution is 5.67. The molecule has 0 saturated heterocycles. The summed E-state index contributed by atoms with van der Waals surface area (Å²) in [6.07, 6.45) is 0. The van der Waals surface area contributed by atoms with Crippen molar-refractivity contribution in [3.63, 3.8) is 0 Å². The molecule has 1 heterocycles. The quantitative estimate of drug-likeness (QED) is 0.898. The fourth-order valence-electron chi connectivity index (χ4n) is 2.35. The molecule has 3 nitrogen and oxygen atoms in total. The molecule has 18 heavy (non-hydrogen) atoms. The molecule has 0 amide bonds. The maximum absolute atomic E-state index is 4.33. The van der Waals surface area contributed by atoms with Crippen LogP contribution in [-0.2, 0) is 6.54 Å². The van der Waals surface area contributed by atoms with Crippen molar-refractivity contribution in [1.29, 1.82) is 0 Å². The molecule has 3 heteroatoms. The monoisotopic (exact) mass is 241 g/mol. The van der Waals surface area contributed by atoms with Gasteiger partial charge in [0, 0.05) is 12.1 Å². The number of aromatic nitrogens is 2. The second-order valence-corrected chi connectivity index (χ2v) is 4.71. The van der Waals surface area contributed by atoms with Gasteiger partial charge in [0.25, 0.3) is 0 Å². The topological polar surface area (TPSA) is 37.8 Å². The third kappa shape index (κ3) is 2.57. The predicted molar refractivity (Wildman–Crippen MR) is 74.4 cm³/mol. The molecule has 1 aromatic carbocycles. The first-order valence-corrected chi connectivity index (χ1v) is 6.17. The molecule has 0 bridgehead atoms. The number of benzene rings is 1. The van der Waals surface area contributed by atoms with Crippen molar-refractivity contribution < 1.29 is 0 Å². The van der Waals surface area contributed by atoms with Gasteiger partial charge < -0.3 is 5.32 Å². The Hall–Kier alpha value is -1.74. The van der Waals surface area contributed by atoms with Crippen LogP contribution in [0.4, 0.5) is 0 Å². The smallest absolute Gasteiger partial charge is 0.0935 e. The van der Waals surface area contributed by atoms with Gasteiger partial charge in [-0.15, -0.1) is 0 Å². The molecule has 0 fully saturated rings. The van der Waals surface area contributed by atoms with Gasteiger partial charge in [-0.2, -0.15) is 10.2 Å². The molecular formula is C15H19N3. The molecule has 0 saturated carbocycles. The number of nitrogens with one attached hydrogen (secondary N) is 1. The zero-order chi connectivity index (χ0) is 13.1. The van der Waals surface area contributed by atoms with Crippen molar-refractivity contribution in [2.45, 2.75) is 27.3 Å². The minimum absolute atomic E-state index is 0.749. The summed E-state index contributed by atoms with van der Waals surface area (Å²) >= 11 is 0. The summed E-state index contributed by atoms with van der Waals surface area (Å²) in [6, 6.07) is 8.44. The van der Waals surface area contributed by atoms with Crippen molar-refractivity contribution in [3.8, 4) is 11.3 Å². The van der Waals surface area contributed by atoms with Crippen molar-refractivity contribution in [1.82, 2.24) is 15.5 Å². The van der Waals surface area contributed by atoms with Gasteiger partial charge in [0.15, 0.2) is 0 Å². The average Bonchev–Trinajstić information content (AvgIpc) is 2.30. The van der Waals surface area contributed by atoms with Crippen molar-refractivity contribution in [2.24, 2.45) is 0 Å². The SMILES string of the molecule is CNCc1ccc(-c2c(C)cc(C)cc2C)nn1. The summed E-state index contributed by atoms with van der Waals surface area (Å²) in [7, 11) is 1.91. The minimum Gasteiger partial charge on any atom is -0.314 e. The average molecular weight is 241 g/mol. The molecule has 1 N–H and O–H groups in total. The lowest BCUT2D eigenvalue weighted by molar-refractivity contribution is 0.768. The van der Waals surface area contributed by atoms with Crippen LogP contribution in [0.1, 0.15) is 22.4 Å². The normalized spacial score (nSPS) is 10.7. The summed E-state index contributed by atoms with van der Waals surface area (Å²) in [5.41, 5.74) is 6.90. The molecule has 1 aromatic heterocycles. The number of nitrogens with zero attached hydrogens (tertiary/aromatic N) is 2. The number of hydrogen-bond acceptors (Lipinski definition) is 3. The van der Waals surface area contributed by atoms with Gasteiger partial charge in [-0.3, -0.25) is 0 Å². The Bertz CT molecular complexity index is 521. The van der Waals surface area contributed by atoms with Gasteiger partial charge in [0.1, 0.15) is 0 Å². The predicted octanol–water partition coefficient (Wildman–Crippen LogP) is 2.79. The van der Waals surface area contributed by atoms with Crippen molar-refractivity contribution in [2.75, 3.05) is 7.05 Å². The summed E-state index contributed by atoms with van der Waals surface area (Å²) in [5, 5.41) is 11.6. The van der Waals surface area contributed by atoms with Gasteiger partial charge in [-0.25, -0.2) is 0 Å². The van der Waals surface area contributed by atoms with Gasteiger partial charge in [0.2, 0.25) is 0 Å². The largest absolute Gasteiger partial charge is 0.314 e. The lowest BCUT2D eigenvalue weighted by Crippen LogP contribution is -2.07. The zero-order valence-corrected chi connectivity index (χ0v) is 11.4. The van der Waals surface area contributed by atoms with E-state index in [1.165, 1.54) is 22.3 Å². The van der Waals surface area contributed by atoms with Crippen LogP contribution < -0.4 is 5.32 Å². The molecule has 2 aromatic rings. The van der Waals surface area contributed by atoms with E-state index >= 15 is 0 Å². The fourth-order valence-corrected chi connectivity index (χ4v) is 2.35. The molecule has 0 atom stereocenters. The zero-order valence-electron chi connectivity index (χ0n) is 11.4. The number of hydrogen-bond donors (Lipinski definition) is 1. The minimum atomic E-state index is 0.749. The van der Waals surface area contributed by atoms with E-state index < -0.39 is 0 Å². The molecule has 0 aliphatic heterocycles. The van der Waals surface area contributed by atoms with Crippen LogP contribution in [0.3, 0.4) is 0 Å². The molecule has 0 radical (unpaired) electrons. The summed E-state index contributed by atoms with van der Waals surface area (Å²) in [5.74, 6) is 0. The van der Waals surface area contributed by atoms with Crippen LogP contribution in [0.5, 0.6) is 0 Å². The van der Waals surface area contributed by atoms with E-state index in [1.54, 1.807) is 0 Å². The molecule has 94 valence electrons. The second-order valence-electron chi connectivity index (χ2n) is 4.71. The van der Waals surface area contributed by atoms with E-state index in [-0.39, 0.29) is 0 Å². The molecule has 2 rings (SSSR count). The van der Waals surface area contributed by atoms with Crippen molar-refractivity contribution in [3.05, 3.63) is 46.6 Å². The van der Waals surface area contributed by atoms with Crippen LogP contribution >= 0.6 is 0 Å². The molecule has 0 unspecified atom stereocenters. The van der Waals surface area contributed by atoms with Gasteiger partial charge in [-0.1, -0.05) is 17.7 Å². The summed E-state index contributed by atoms with van der Waals surface area (Å²) in [4.78, 5) is 0. The first kappa shape index (κ1) is 12.7.